The van der Waals surface area contributed by atoms with Gasteiger partial charge in [0.1, 0.15) is 11.3 Å². The molecule has 3 fully saturated rings. The maximum atomic E-state index is 13.0. The lowest BCUT2D eigenvalue weighted by Crippen LogP contribution is -2.62. The van der Waals surface area contributed by atoms with Crippen molar-refractivity contribution in [2.45, 2.75) is 50.2 Å². The second kappa shape index (κ2) is 7.27. The molecule has 0 aromatic heterocycles. The zero-order chi connectivity index (χ0) is 20.9. The maximum absolute atomic E-state index is 13.0. The first-order valence-corrected chi connectivity index (χ1v) is 10.8. The number of hydrogen-bond acceptors (Lipinski definition) is 5. The molecule has 4 aliphatic rings. The van der Waals surface area contributed by atoms with E-state index >= 15 is 0 Å². The fourth-order valence-electron chi connectivity index (χ4n) is 5.46. The van der Waals surface area contributed by atoms with E-state index in [0.717, 1.165) is 31.5 Å². The number of methoxy groups -OCH3 is 1. The zero-order valence-corrected chi connectivity index (χ0v) is 17.3. The fourth-order valence-corrected chi connectivity index (χ4v) is 5.46. The highest BCUT2D eigenvalue weighted by molar-refractivity contribution is 6.08. The molecule has 0 bridgehead atoms. The van der Waals surface area contributed by atoms with Gasteiger partial charge in [0.25, 0.3) is 11.8 Å². The van der Waals surface area contributed by atoms with Crippen molar-refractivity contribution in [1.29, 1.82) is 0 Å². The van der Waals surface area contributed by atoms with Crippen LogP contribution >= 0.6 is 0 Å². The smallest absolute Gasteiger partial charge is 0.322 e. The van der Waals surface area contributed by atoms with Gasteiger partial charge in [-0.05, 0) is 68.5 Å². The average Bonchev–Trinajstić information content (AvgIpc) is 3.16. The Labute approximate surface area is 175 Å². The molecular weight excluding hydrogens is 384 g/mol. The van der Waals surface area contributed by atoms with Crippen LogP contribution in [0.2, 0.25) is 0 Å². The minimum Gasteiger partial charge on any atom is -0.497 e. The molecule has 4 amide bonds. The molecule has 2 N–H and O–H groups in total. The number of likely N-dealkylation sites (tertiary alicyclic amines) is 1. The predicted octanol–water partition coefficient (Wildman–Crippen LogP) is 1.49. The number of fused-ring (bicyclic) bond motifs is 1. The maximum Gasteiger partial charge on any atom is 0.322 e. The van der Waals surface area contributed by atoms with Crippen LogP contribution in [0.3, 0.4) is 0 Å². The predicted molar refractivity (Wildman–Crippen MR) is 109 cm³/mol. The van der Waals surface area contributed by atoms with Crippen molar-refractivity contribution >= 4 is 17.8 Å². The summed E-state index contributed by atoms with van der Waals surface area (Å²) in [7, 11) is 1.60. The first-order chi connectivity index (χ1) is 14.5. The molecule has 8 heteroatoms. The Morgan fingerprint density at radius 3 is 2.50 bits per heavy atom. The summed E-state index contributed by atoms with van der Waals surface area (Å²) in [6.07, 6.45) is 5.50. The lowest BCUT2D eigenvalue weighted by molar-refractivity contribution is -0.127. The van der Waals surface area contributed by atoms with Crippen LogP contribution in [-0.2, 0) is 11.3 Å². The van der Waals surface area contributed by atoms with Crippen molar-refractivity contribution in [2.24, 2.45) is 5.92 Å². The summed E-state index contributed by atoms with van der Waals surface area (Å²) in [5, 5.41) is 5.35. The van der Waals surface area contributed by atoms with Gasteiger partial charge in [0, 0.05) is 18.2 Å². The number of urea groups is 1. The van der Waals surface area contributed by atoms with Crippen molar-refractivity contribution in [3.63, 3.8) is 0 Å². The van der Waals surface area contributed by atoms with Crippen molar-refractivity contribution < 1.29 is 19.1 Å². The Hall–Kier alpha value is -2.61. The molecule has 3 heterocycles. The SMILES string of the molecule is COc1ccc2c(c1)CN(CC1(C3CCN(C4CCC4)CC3)NC(=O)NC1=O)C2=O. The Morgan fingerprint density at radius 1 is 1.13 bits per heavy atom. The molecule has 30 heavy (non-hydrogen) atoms. The van der Waals surface area contributed by atoms with Crippen LogP contribution in [0.4, 0.5) is 4.79 Å². The Kier molecular flexibility index (Phi) is 4.69. The van der Waals surface area contributed by atoms with Gasteiger partial charge in [0.2, 0.25) is 0 Å². The third kappa shape index (κ3) is 3.05. The molecule has 1 atom stereocenters. The van der Waals surface area contributed by atoms with Crippen LogP contribution in [0, 0.1) is 5.92 Å². The van der Waals surface area contributed by atoms with Crippen LogP contribution < -0.4 is 15.4 Å². The van der Waals surface area contributed by atoms with E-state index in [4.69, 9.17) is 4.74 Å². The van der Waals surface area contributed by atoms with Gasteiger partial charge >= 0.3 is 6.03 Å². The lowest BCUT2D eigenvalue weighted by Gasteiger charge is -2.46. The van der Waals surface area contributed by atoms with E-state index in [2.05, 4.69) is 15.5 Å². The standard InChI is InChI=1S/C22H28N4O4/c1-30-17-5-6-18-14(11-17)12-26(19(18)27)13-22(20(28)23-21(29)24-22)15-7-9-25(10-8-15)16-3-2-4-16/h5-6,11,15-16H,2-4,7-10,12-13H2,1H3,(H2,23,24,28,29). The number of amides is 4. The number of hydrogen-bond donors (Lipinski definition) is 2. The number of imide groups is 1. The molecule has 0 radical (unpaired) electrons. The van der Waals surface area contributed by atoms with Gasteiger partial charge in [-0.15, -0.1) is 0 Å². The Balaban J connectivity index is 1.36. The average molecular weight is 412 g/mol. The van der Waals surface area contributed by atoms with Crippen LogP contribution in [0.5, 0.6) is 5.75 Å². The molecule has 1 aromatic carbocycles. The van der Waals surface area contributed by atoms with Gasteiger partial charge in [-0.25, -0.2) is 4.79 Å². The number of nitrogens with zero attached hydrogens (tertiary/aromatic N) is 2. The highest BCUT2D eigenvalue weighted by Crippen LogP contribution is 2.37. The number of piperidine rings is 1. The van der Waals surface area contributed by atoms with Crippen LogP contribution in [-0.4, -0.2) is 66.0 Å². The second-order valence-corrected chi connectivity index (χ2v) is 8.96. The monoisotopic (exact) mass is 412 g/mol. The zero-order valence-electron chi connectivity index (χ0n) is 17.3. The highest BCUT2D eigenvalue weighted by atomic mass is 16.5. The summed E-state index contributed by atoms with van der Waals surface area (Å²) in [6.45, 7) is 2.48. The molecule has 8 nitrogen and oxygen atoms in total. The van der Waals surface area contributed by atoms with Crippen molar-refractivity contribution in [3.05, 3.63) is 29.3 Å². The van der Waals surface area contributed by atoms with E-state index in [1.807, 2.05) is 6.07 Å². The lowest BCUT2D eigenvalue weighted by atomic mass is 9.76. The van der Waals surface area contributed by atoms with E-state index in [-0.39, 0.29) is 24.3 Å². The molecule has 3 aliphatic heterocycles. The van der Waals surface area contributed by atoms with Crippen molar-refractivity contribution in [3.8, 4) is 5.75 Å². The first kappa shape index (κ1) is 19.4. The van der Waals surface area contributed by atoms with Crippen LogP contribution in [0.1, 0.15) is 48.0 Å². The largest absolute Gasteiger partial charge is 0.497 e. The third-order valence-electron chi connectivity index (χ3n) is 7.42. The van der Waals surface area contributed by atoms with Crippen molar-refractivity contribution in [1.82, 2.24) is 20.4 Å². The van der Waals surface area contributed by atoms with Gasteiger partial charge in [0.15, 0.2) is 0 Å². The minimum absolute atomic E-state index is 0.00586. The second-order valence-electron chi connectivity index (χ2n) is 8.96. The molecule has 1 aromatic rings. The highest BCUT2D eigenvalue weighted by Gasteiger charge is 2.54. The normalized spacial score (nSPS) is 27.6. The van der Waals surface area contributed by atoms with Gasteiger partial charge in [-0.2, -0.15) is 0 Å². The minimum atomic E-state index is -1.06. The van der Waals surface area contributed by atoms with E-state index in [1.165, 1.54) is 19.3 Å². The number of carbonyl (C=O) groups is 3. The van der Waals surface area contributed by atoms with Gasteiger partial charge in [-0.3, -0.25) is 14.9 Å². The molecule has 0 spiro atoms. The van der Waals surface area contributed by atoms with Gasteiger partial charge < -0.3 is 19.9 Å². The number of rotatable bonds is 5. The van der Waals surface area contributed by atoms with E-state index in [1.54, 1.807) is 24.1 Å². The van der Waals surface area contributed by atoms with Crippen LogP contribution in [0.15, 0.2) is 18.2 Å². The summed E-state index contributed by atoms with van der Waals surface area (Å²) in [6, 6.07) is 5.62. The Bertz CT molecular complexity index is 891. The molecule has 5 rings (SSSR count). The topological polar surface area (TPSA) is 91.0 Å². The molecule has 2 saturated heterocycles. The summed E-state index contributed by atoms with van der Waals surface area (Å²) in [5.41, 5.74) is 0.458. The summed E-state index contributed by atoms with van der Waals surface area (Å²) >= 11 is 0. The number of nitrogens with one attached hydrogen (secondary N) is 2. The molecular formula is C22H28N4O4. The van der Waals surface area contributed by atoms with E-state index in [9.17, 15) is 14.4 Å². The number of ether oxygens (including phenoxy) is 1. The molecule has 160 valence electrons. The van der Waals surface area contributed by atoms with Gasteiger partial charge in [0.05, 0.1) is 13.7 Å². The Morgan fingerprint density at radius 2 is 1.90 bits per heavy atom. The summed E-state index contributed by atoms with van der Waals surface area (Å²) in [5.74, 6) is 0.295. The van der Waals surface area contributed by atoms with E-state index < -0.39 is 11.6 Å². The number of benzene rings is 1. The van der Waals surface area contributed by atoms with Crippen molar-refractivity contribution in [2.75, 3.05) is 26.7 Å². The molecule has 1 saturated carbocycles. The fraction of sp³-hybridized carbons (Fsp3) is 0.591. The molecule has 1 unspecified atom stereocenters. The number of carbonyl (C=O) groups excluding carboxylic acids is 3. The first-order valence-electron chi connectivity index (χ1n) is 10.8. The quantitative estimate of drug-likeness (QED) is 0.715. The van der Waals surface area contributed by atoms with Gasteiger partial charge in [-0.1, -0.05) is 6.42 Å². The van der Waals surface area contributed by atoms with Crippen LogP contribution in [0.25, 0.3) is 0 Å². The third-order valence-corrected chi connectivity index (χ3v) is 7.42. The molecule has 1 aliphatic carbocycles. The summed E-state index contributed by atoms with van der Waals surface area (Å²) < 4.78 is 5.28. The summed E-state index contributed by atoms with van der Waals surface area (Å²) in [4.78, 5) is 42.3. The van der Waals surface area contributed by atoms with E-state index in [0.29, 0.717) is 23.9 Å².